The molecule has 1 amide bonds. The Morgan fingerprint density at radius 3 is 1.68 bits per heavy atom. The van der Waals surface area contributed by atoms with Gasteiger partial charge in [0.15, 0.2) is 11.3 Å². The van der Waals surface area contributed by atoms with Crippen molar-refractivity contribution in [1.82, 2.24) is 49.3 Å². The summed E-state index contributed by atoms with van der Waals surface area (Å²) in [7, 11) is 1.87. The van der Waals surface area contributed by atoms with Gasteiger partial charge in [0.05, 0.1) is 34.2 Å². The van der Waals surface area contributed by atoms with Crippen molar-refractivity contribution in [2.45, 2.75) is 155 Å². The number of anilines is 2. The fourth-order valence-corrected chi connectivity index (χ4v) is 11.9. The Balaban J connectivity index is 0.000000131. The number of rotatable bonds is 10. The number of aromatic nitrogens is 8. The lowest BCUT2D eigenvalue weighted by atomic mass is 9.78. The number of amides is 1. The Labute approximate surface area is 494 Å². The van der Waals surface area contributed by atoms with Crippen molar-refractivity contribution in [1.29, 1.82) is 0 Å². The van der Waals surface area contributed by atoms with Gasteiger partial charge >= 0.3 is 13.2 Å². The molecule has 0 spiro atoms. The summed E-state index contributed by atoms with van der Waals surface area (Å²) in [4.78, 5) is 33.5. The monoisotopic (exact) mass is 1220 g/mol. The lowest BCUT2D eigenvalue weighted by molar-refractivity contribution is 0.00578. The van der Waals surface area contributed by atoms with Crippen molar-refractivity contribution in [3.05, 3.63) is 89.2 Å². The van der Waals surface area contributed by atoms with Gasteiger partial charge in [0.25, 0.3) is 0 Å². The Morgan fingerprint density at radius 2 is 1.13 bits per heavy atom. The third-order valence-electron chi connectivity index (χ3n) is 17.2. The molecule has 0 radical (unpaired) electrons. The smallest absolute Gasteiger partial charge is 0.490 e. The quantitative estimate of drug-likeness (QED) is 0.0964. The zero-order valence-electron chi connectivity index (χ0n) is 48.7. The number of nitrogens with two attached hydrogens (primary N) is 2. The number of hydrogen-bond donors (Lipinski definition) is 2. The van der Waals surface area contributed by atoms with E-state index in [2.05, 4.69) is 160 Å². The summed E-state index contributed by atoms with van der Waals surface area (Å²) in [6.45, 7) is 19.3. The Hall–Kier alpha value is -6.36. The molecule has 4 aromatic heterocycles. The van der Waals surface area contributed by atoms with Crippen LogP contribution in [0.3, 0.4) is 0 Å². The van der Waals surface area contributed by atoms with E-state index in [4.69, 9.17) is 40.1 Å². The molecule has 0 atom stereocenters. The van der Waals surface area contributed by atoms with Gasteiger partial charge < -0.3 is 44.8 Å². The minimum absolute atomic E-state index is 0.231. The molecule has 3 saturated heterocycles. The van der Waals surface area contributed by atoms with E-state index >= 15 is 0 Å². The number of piperidine rings is 2. The van der Waals surface area contributed by atoms with Crippen molar-refractivity contribution < 1.29 is 28.3 Å². The van der Waals surface area contributed by atoms with Gasteiger partial charge in [-0.1, -0.05) is 42.5 Å². The minimum atomic E-state index is -0.460. The molecular weight excluding hydrogens is 1150 g/mol. The number of carbonyl (C=O) groups is 1. The van der Waals surface area contributed by atoms with Gasteiger partial charge in [-0.05, 0) is 225 Å². The lowest BCUT2D eigenvalue weighted by Crippen LogP contribution is -2.42. The Bertz CT molecular complexity index is 3560. The second-order valence-electron chi connectivity index (χ2n) is 25.0. The summed E-state index contributed by atoms with van der Waals surface area (Å²) in [5.41, 5.74) is 15.7. The van der Waals surface area contributed by atoms with Crippen LogP contribution in [0.1, 0.15) is 113 Å². The number of fused-ring (bicyclic) bond motifs is 4. The average molecular weight is 1230 g/mol. The summed E-state index contributed by atoms with van der Waals surface area (Å²) >= 11 is 2.16. The molecule has 7 heterocycles. The first-order valence-corrected chi connectivity index (χ1v) is 30.3. The molecule has 0 unspecified atom stereocenters. The predicted molar refractivity (Wildman–Crippen MR) is 332 cm³/mol. The summed E-state index contributed by atoms with van der Waals surface area (Å²) in [6.07, 6.45) is 15.0. The molecular formula is C62H78BIN12O6. The molecule has 8 aromatic rings. The standard InChI is InChI=1S/C26H30N6O.C20H25BO3.C16H23IN6O2/c1-31-11-9-17(10-12-31)15-32-26-23(25(27)28-16-29-26)24(30-32)20-6-5-19-14-22(8-7-18(19)13-20)33-21-3-2-4-21;1-19(2)20(3,4)24-21(23-19)16-10-8-15-13-18(11-9-14(15)12-16)22-17-6-5-7-17;1-16(2,3)25-15(24)22-6-4-10(5-7-22)8-23-14-11(12(17)21-23)13(18)19-9-20-14/h5-8,13-14,16-17,21H,2-4,9-12,15H2,1H3,(H2,27,28,29);8-13,17H,5-7H2,1-4H3;9-10H,4-8H2,1-3H3,(H2,18,19,20). The van der Waals surface area contributed by atoms with Crippen LogP contribution in [-0.4, -0.2) is 125 Å². The maximum atomic E-state index is 12.1. The molecule has 3 aliphatic heterocycles. The van der Waals surface area contributed by atoms with Gasteiger partial charge in [0, 0.05) is 31.7 Å². The first-order valence-electron chi connectivity index (χ1n) is 29.3. The van der Waals surface area contributed by atoms with Gasteiger partial charge in [-0.3, -0.25) is 0 Å². The van der Waals surface area contributed by atoms with Crippen molar-refractivity contribution >= 4 is 96.5 Å². The van der Waals surface area contributed by atoms with Crippen LogP contribution in [0.2, 0.25) is 0 Å². The van der Waals surface area contributed by atoms with Crippen LogP contribution in [0.25, 0.3) is 54.9 Å². The molecule has 5 fully saturated rings. The molecule has 20 heteroatoms. The van der Waals surface area contributed by atoms with Gasteiger partial charge in [0.2, 0.25) is 0 Å². The number of nitrogens with zero attached hydrogens (tertiary/aromatic N) is 10. The number of likely N-dealkylation sites (tertiary alicyclic amines) is 2. The van der Waals surface area contributed by atoms with E-state index in [1.54, 1.807) is 4.90 Å². The largest absolute Gasteiger partial charge is 0.494 e. The van der Waals surface area contributed by atoms with Crippen molar-refractivity contribution in [2.24, 2.45) is 11.8 Å². The highest BCUT2D eigenvalue weighted by atomic mass is 127. The molecule has 13 rings (SSSR count). The first kappa shape index (κ1) is 57.5. The molecule has 5 aliphatic rings. The third-order valence-corrected chi connectivity index (χ3v) is 18.0. The second kappa shape index (κ2) is 23.7. The molecule has 2 saturated carbocycles. The molecule has 82 heavy (non-hydrogen) atoms. The van der Waals surface area contributed by atoms with E-state index in [1.165, 1.54) is 62.0 Å². The fourth-order valence-electron chi connectivity index (χ4n) is 11.1. The highest BCUT2D eigenvalue weighted by molar-refractivity contribution is 14.1. The second-order valence-corrected chi connectivity index (χ2v) is 26.0. The first-order chi connectivity index (χ1) is 39.2. The summed E-state index contributed by atoms with van der Waals surface area (Å²) in [5.74, 6) is 3.89. The van der Waals surface area contributed by atoms with E-state index in [0.717, 1.165) is 117 Å². The van der Waals surface area contributed by atoms with Gasteiger partial charge in [-0.15, -0.1) is 0 Å². The number of benzene rings is 4. The molecule has 432 valence electrons. The van der Waals surface area contributed by atoms with Crippen LogP contribution >= 0.6 is 22.6 Å². The van der Waals surface area contributed by atoms with E-state index < -0.39 is 5.60 Å². The Kier molecular flexibility index (Phi) is 16.6. The third kappa shape index (κ3) is 12.9. The predicted octanol–water partition coefficient (Wildman–Crippen LogP) is 11.2. The van der Waals surface area contributed by atoms with Gasteiger partial charge in [-0.2, -0.15) is 10.2 Å². The van der Waals surface area contributed by atoms with Crippen LogP contribution in [0, 0.1) is 15.5 Å². The van der Waals surface area contributed by atoms with Crippen LogP contribution in [-0.2, 0) is 27.1 Å². The van der Waals surface area contributed by atoms with Crippen molar-refractivity contribution in [3.8, 4) is 22.8 Å². The molecule has 4 aromatic carbocycles. The van der Waals surface area contributed by atoms with Crippen molar-refractivity contribution in [2.75, 3.05) is 44.7 Å². The molecule has 18 nitrogen and oxygen atoms in total. The van der Waals surface area contributed by atoms with Crippen LogP contribution in [0.5, 0.6) is 11.5 Å². The number of nitrogen functional groups attached to an aromatic ring is 2. The van der Waals surface area contributed by atoms with Crippen molar-refractivity contribution in [3.63, 3.8) is 0 Å². The van der Waals surface area contributed by atoms with E-state index in [-0.39, 0.29) is 24.4 Å². The average Bonchev–Trinajstić information content (AvgIpc) is 4.16. The number of ether oxygens (including phenoxy) is 3. The lowest BCUT2D eigenvalue weighted by Gasteiger charge is -2.33. The van der Waals surface area contributed by atoms with Gasteiger partial charge in [0.1, 0.15) is 50.8 Å². The topological polar surface area (TPSA) is 209 Å². The summed E-state index contributed by atoms with van der Waals surface area (Å²) in [5, 5.41) is 15.9. The van der Waals surface area contributed by atoms with Crippen LogP contribution < -0.4 is 26.4 Å². The minimum Gasteiger partial charge on any atom is -0.490 e. The van der Waals surface area contributed by atoms with E-state index in [1.807, 2.05) is 30.1 Å². The molecule has 0 bridgehead atoms. The highest BCUT2D eigenvalue weighted by Crippen LogP contribution is 2.38. The maximum absolute atomic E-state index is 12.1. The number of carbonyl (C=O) groups excluding carboxylic acids is 1. The number of halogens is 1. The fraction of sp³-hybridized carbons (Fsp3) is 0.500. The zero-order valence-corrected chi connectivity index (χ0v) is 50.9. The molecule has 4 N–H and O–H groups in total. The van der Waals surface area contributed by atoms with Crippen LogP contribution in [0.15, 0.2) is 85.5 Å². The summed E-state index contributed by atoms with van der Waals surface area (Å²) < 4.78 is 34.6. The highest BCUT2D eigenvalue weighted by Gasteiger charge is 2.51. The normalized spacial score (nSPS) is 18.9. The number of hydrogen-bond acceptors (Lipinski definition) is 15. The molecule has 2 aliphatic carbocycles. The maximum Gasteiger partial charge on any atom is 0.494 e. The van der Waals surface area contributed by atoms with E-state index in [0.29, 0.717) is 48.8 Å². The van der Waals surface area contributed by atoms with Gasteiger partial charge in [-0.25, -0.2) is 34.1 Å². The summed E-state index contributed by atoms with van der Waals surface area (Å²) in [6, 6.07) is 25.5. The van der Waals surface area contributed by atoms with E-state index in [9.17, 15) is 4.79 Å². The SMILES string of the molecule is CC(C)(C)OC(=O)N1CCC(Cn2nc(I)c3c(N)ncnc32)CC1.CC1(C)OB(c2ccc3cc(OC4CCC4)ccc3c2)OC1(C)C.CN1CCC(Cn2nc(-c3ccc4cc(OC5CCC5)ccc4c3)c3c(N)ncnc32)CC1. The van der Waals surface area contributed by atoms with Crippen LogP contribution in [0.4, 0.5) is 16.4 Å². The zero-order chi connectivity index (χ0) is 57.5. The Morgan fingerprint density at radius 1 is 0.646 bits per heavy atom.